The second-order valence-electron chi connectivity index (χ2n) is 6.75. The Morgan fingerprint density at radius 1 is 0.867 bits per heavy atom. The van der Waals surface area contributed by atoms with Crippen LogP contribution in [0.4, 0.5) is 5.69 Å². The van der Waals surface area contributed by atoms with E-state index in [1.165, 1.54) is 5.39 Å². The van der Waals surface area contributed by atoms with Gasteiger partial charge in [-0.3, -0.25) is 10.2 Å². The molecule has 4 aromatic carbocycles. The normalized spacial score (nSPS) is 11.6. The second-order valence-corrected chi connectivity index (χ2v) is 8.46. The molecule has 5 nitrogen and oxygen atoms in total. The molecule has 4 aromatic rings. The number of phenols is 1. The number of hydrogen-bond acceptors (Lipinski definition) is 4. The zero-order valence-electron chi connectivity index (χ0n) is 15.6. The zero-order chi connectivity index (χ0) is 21.3. The maximum atomic E-state index is 12.4. The Kier molecular flexibility index (Phi) is 5.76. The van der Waals surface area contributed by atoms with Crippen LogP contribution in [-0.2, 0) is 4.79 Å². The van der Waals surface area contributed by atoms with E-state index < -0.39 is 5.91 Å². The molecule has 0 radical (unpaired) electrons. The van der Waals surface area contributed by atoms with Crippen molar-refractivity contribution in [2.24, 2.45) is 5.84 Å². The van der Waals surface area contributed by atoms with E-state index in [0.29, 0.717) is 14.5 Å². The van der Waals surface area contributed by atoms with Gasteiger partial charge < -0.3 is 10.4 Å². The Balaban J connectivity index is 1.73. The van der Waals surface area contributed by atoms with Crippen LogP contribution < -0.4 is 16.6 Å². The summed E-state index contributed by atoms with van der Waals surface area (Å²) in [4.78, 5) is 12.4. The van der Waals surface area contributed by atoms with Crippen molar-refractivity contribution in [3.05, 3.63) is 86.9 Å². The number of rotatable bonds is 4. The van der Waals surface area contributed by atoms with E-state index in [9.17, 15) is 9.90 Å². The lowest BCUT2D eigenvalue weighted by Gasteiger charge is -2.12. The fourth-order valence-electron chi connectivity index (χ4n) is 3.24. The van der Waals surface area contributed by atoms with Gasteiger partial charge in [-0.25, -0.2) is 5.84 Å². The molecule has 0 aliphatic rings. The fourth-order valence-corrected chi connectivity index (χ4v) is 4.47. The third-order valence-electron chi connectivity index (χ3n) is 4.71. The summed E-state index contributed by atoms with van der Waals surface area (Å²) in [7, 11) is 0. The van der Waals surface area contributed by atoms with Gasteiger partial charge in [0.1, 0.15) is 11.4 Å². The van der Waals surface area contributed by atoms with E-state index in [2.05, 4.69) is 66.9 Å². The van der Waals surface area contributed by atoms with Crippen molar-refractivity contribution in [2.45, 2.75) is 0 Å². The van der Waals surface area contributed by atoms with Crippen LogP contribution in [0.5, 0.6) is 5.75 Å². The minimum atomic E-state index is -0.464. The van der Waals surface area contributed by atoms with Crippen molar-refractivity contribution < 1.29 is 9.90 Å². The van der Waals surface area contributed by atoms with Gasteiger partial charge in [-0.05, 0) is 101 Å². The molecule has 0 fully saturated rings. The monoisotopic (exact) mass is 525 g/mol. The van der Waals surface area contributed by atoms with Gasteiger partial charge in [-0.2, -0.15) is 0 Å². The van der Waals surface area contributed by atoms with Crippen molar-refractivity contribution >= 4 is 71.1 Å². The minimum Gasteiger partial charge on any atom is -0.506 e. The lowest BCUT2D eigenvalue weighted by molar-refractivity contribution is -0.117. The van der Waals surface area contributed by atoms with E-state index in [1.807, 2.05) is 30.3 Å². The summed E-state index contributed by atoms with van der Waals surface area (Å²) in [6, 6.07) is 21.8. The number of hydrogen-bond donors (Lipinski definition) is 4. The van der Waals surface area contributed by atoms with Gasteiger partial charge in [0.25, 0.3) is 5.91 Å². The zero-order valence-corrected chi connectivity index (χ0v) is 18.8. The highest BCUT2D eigenvalue weighted by Gasteiger charge is 2.11. The van der Waals surface area contributed by atoms with Gasteiger partial charge in [0, 0.05) is 5.69 Å². The van der Waals surface area contributed by atoms with Gasteiger partial charge in [-0.15, -0.1) is 0 Å². The highest BCUT2D eigenvalue weighted by Crippen LogP contribution is 2.34. The number of benzene rings is 4. The van der Waals surface area contributed by atoms with Crippen molar-refractivity contribution in [1.82, 2.24) is 5.43 Å². The SMILES string of the molecule is NNC(=O)C(=Cc1cc(Br)c(O)c(Br)c1)Nc1ccc2cc3ccccc3cc2c1. The van der Waals surface area contributed by atoms with Crippen LogP contribution in [0, 0.1) is 0 Å². The quantitative estimate of drug-likeness (QED) is 0.0907. The first kappa shape index (κ1) is 20.4. The van der Waals surface area contributed by atoms with Crippen LogP contribution in [0.2, 0.25) is 0 Å². The minimum absolute atomic E-state index is 0.0895. The van der Waals surface area contributed by atoms with Crippen LogP contribution in [0.15, 0.2) is 81.4 Å². The molecule has 0 atom stereocenters. The molecule has 0 saturated heterocycles. The largest absolute Gasteiger partial charge is 0.506 e. The number of fused-ring (bicyclic) bond motifs is 2. The first-order valence-corrected chi connectivity index (χ1v) is 10.6. The average molecular weight is 527 g/mol. The van der Waals surface area contributed by atoms with E-state index >= 15 is 0 Å². The number of hydrazine groups is 1. The van der Waals surface area contributed by atoms with Crippen molar-refractivity contribution in [1.29, 1.82) is 0 Å². The van der Waals surface area contributed by atoms with E-state index in [0.717, 1.165) is 21.8 Å². The van der Waals surface area contributed by atoms with Gasteiger partial charge in [0.05, 0.1) is 8.95 Å². The third kappa shape index (κ3) is 4.18. The molecule has 5 N–H and O–H groups in total. The number of nitrogens with one attached hydrogen (secondary N) is 2. The predicted octanol–water partition coefficient (Wildman–Crippen LogP) is 5.67. The number of carbonyl (C=O) groups is 1. The maximum absolute atomic E-state index is 12.4. The Hall–Kier alpha value is -2.87. The predicted molar refractivity (Wildman–Crippen MR) is 129 cm³/mol. The summed E-state index contributed by atoms with van der Waals surface area (Å²) in [5.41, 5.74) is 3.88. The summed E-state index contributed by atoms with van der Waals surface area (Å²) in [5.74, 6) is 5.00. The topological polar surface area (TPSA) is 87.4 Å². The Bertz CT molecular complexity index is 1300. The van der Waals surface area contributed by atoms with Crippen LogP contribution in [0.25, 0.3) is 27.6 Å². The number of anilines is 1. The molecule has 0 saturated carbocycles. The van der Waals surface area contributed by atoms with Crippen molar-refractivity contribution in [3.8, 4) is 5.75 Å². The molecule has 0 aromatic heterocycles. The molecule has 0 aliphatic heterocycles. The number of phenolic OH excluding ortho intramolecular Hbond substituents is 1. The van der Waals surface area contributed by atoms with Gasteiger partial charge >= 0.3 is 0 Å². The summed E-state index contributed by atoms with van der Waals surface area (Å²) < 4.78 is 1.02. The van der Waals surface area contributed by atoms with E-state index in [1.54, 1.807) is 18.2 Å². The highest BCUT2D eigenvalue weighted by molar-refractivity contribution is 9.11. The number of nitrogens with two attached hydrogens (primary N) is 1. The van der Waals surface area contributed by atoms with E-state index in [-0.39, 0.29) is 11.4 Å². The number of aromatic hydroxyl groups is 1. The van der Waals surface area contributed by atoms with Crippen molar-refractivity contribution in [3.63, 3.8) is 0 Å². The molecule has 1 amide bonds. The van der Waals surface area contributed by atoms with Crippen LogP contribution in [0.3, 0.4) is 0 Å². The molecule has 150 valence electrons. The summed E-state index contributed by atoms with van der Waals surface area (Å²) in [5, 5.41) is 17.5. The average Bonchev–Trinajstić information content (AvgIpc) is 2.74. The Morgan fingerprint density at radius 3 is 2.10 bits per heavy atom. The molecular weight excluding hydrogens is 510 g/mol. The fraction of sp³-hybridized carbons (Fsp3) is 0. The van der Waals surface area contributed by atoms with E-state index in [4.69, 9.17) is 5.84 Å². The first-order valence-electron chi connectivity index (χ1n) is 9.05. The molecule has 7 heteroatoms. The molecule has 0 aliphatic carbocycles. The smallest absolute Gasteiger partial charge is 0.281 e. The summed E-state index contributed by atoms with van der Waals surface area (Å²) in [6.45, 7) is 0. The molecular formula is C23H17Br2N3O2. The molecule has 0 spiro atoms. The molecule has 30 heavy (non-hydrogen) atoms. The molecule has 0 unspecified atom stereocenters. The molecule has 4 rings (SSSR count). The lowest BCUT2D eigenvalue weighted by Crippen LogP contribution is -2.33. The van der Waals surface area contributed by atoms with Gasteiger partial charge in [-0.1, -0.05) is 30.3 Å². The summed E-state index contributed by atoms with van der Waals surface area (Å²) >= 11 is 6.60. The molecule has 0 heterocycles. The Labute approximate surface area is 189 Å². The number of halogens is 2. The summed E-state index contributed by atoms with van der Waals surface area (Å²) in [6.07, 6.45) is 1.65. The highest BCUT2D eigenvalue weighted by atomic mass is 79.9. The van der Waals surface area contributed by atoms with Gasteiger partial charge in [0.2, 0.25) is 0 Å². The van der Waals surface area contributed by atoms with Crippen molar-refractivity contribution in [2.75, 3.05) is 5.32 Å². The molecule has 0 bridgehead atoms. The standard InChI is InChI=1S/C23H17Br2N3O2/c24-19-7-13(8-20(25)22(19)29)9-21(23(30)28-26)27-18-6-5-16-10-14-3-1-2-4-15(14)11-17(16)12-18/h1-12,27,29H,26H2,(H,28,30). The first-order chi connectivity index (χ1) is 14.4. The van der Waals surface area contributed by atoms with Crippen LogP contribution in [0.1, 0.15) is 5.56 Å². The third-order valence-corrected chi connectivity index (χ3v) is 5.92. The Morgan fingerprint density at radius 2 is 1.47 bits per heavy atom. The second kappa shape index (κ2) is 8.47. The lowest BCUT2D eigenvalue weighted by atomic mass is 10.0. The van der Waals surface area contributed by atoms with Crippen LogP contribution in [-0.4, -0.2) is 11.0 Å². The number of carbonyl (C=O) groups excluding carboxylic acids is 1. The van der Waals surface area contributed by atoms with Crippen LogP contribution >= 0.6 is 31.9 Å². The maximum Gasteiger partial charge on any atom is 0.281 e. The number of amides is 1. The van der Waals surface area contributed by atoms with Gasteiger partial charge in [0.15, 0.2) is 0 Å².